The summed E-state index contributed by atoms with van der Waals surface area (Å²) in [4.78, 5) is 11.0. The molecule has 0 aromatic carbocycles. The quantitative estimate of drug-likeness (QED) is 0.724. The summed E-state index contributed by atoms with van der Waals surface area (Å²) in [5.74, 6) is -0.151. The van der Waals surface area contributed by atoms with Crippen LogP contribution in [0.25, 0.3) is 0 Å². The molecule has 0 radical (unpaired) electrons. The van der Waals surface area contributed by atoms with Crippen LogP contribution in [0, 0.1) is 0 Å². The number of hydrogen-bond acceptors (Lipinski definition) is 4. The van der Waals surface area contributed by atoms with Crippen molar-refractivity contribution in [2.75, 3.05) is 20.3 Å². The van der Waals surface area contributed by atoms with E-state index >= 15 is 0 Å². The van der Waals surface area contributed by atoms with E-state index in [9.17, 15) is 4.79 Å². The van der Waals surface area contributed by atoms with E-state index in [1.165, 1.54) is 7.11 Å². The van der Waals surface area contributed by atoms with Gasteiger partial charge in [0.25, 0.3) is 0 Å². The number of carbonyl (C=O) groups is 1. The smallest absolute Gasteiger partial charge is 0.306 e. The molecule has 0 saturated carbocycles. The Balaban J connectivity index is 2.32. The van der Waals surface area contributed by atoms with Crippen molar-refractivity contribution < 1.29 is 14.3 Å². The maximum absolute atomic E-state index is 11.0. The largest absolute Gasteiger partial charge is 0.469 e. The number of methoxy groups -OCH3 is 1. The molecule has 1 N–H and O–H groups in total. The fourth-order valence-electron chi connectivity index (χ4n) is 2.43. The Morgan fingerprint density at radius 2 is 2.18 bits per heavy atom. The molecule has 0 aromatic heterocycles. The van der Waals surface area contributed by atoms with E-state index in [0.717, 1.165) is 32.3 Å². The summed E-state index contributed by atoms with van der Waals surface area (Å²) >= 11 is 0. The highest BCUT2D eigenvalue weighted by atomic mass is 16.5. The van der Waals surface area contributed by atoms with Gasteiger partial charge in [-0.25, -0.2) is 0 Å². The molecule has 17 heavy (non-hydrogen) atoms. The Hall–Kier alpha value is -0.610. The topological polar surface area (TPSA) is 47.6 Å². The zero-order valence-electron chi connectivity index (χ0n) is 11.3. The summed E-state index contributed by atoms with van der Waals surface area (Å²) in [7, 11) is 1.43. The maximum Gasteiger partial charge on any atom is 0.306 e. The van der Waals surface area contributed by atoms with Crippen LogP contribution in [0.1, 0.15) is 46.0 Å². The average molecular weight is 243 g/mol. The minimum absolute atomic E-state index is 0.0428. The number of ether oxygens (including phenoxy) is 2. The minimum atomic E-state index is -0.151. The highest BCUT2D eigenvalue weighted by Gasteiger charge is 2.34. The maximum atomic E-state index is 11.0. The summed E-state index contributed by atoms with van der Waals surface area (Å²) in [6, 6.07) is 0.466. The second-order valence-electron chi connectivity index (χ2n) is 4.71. The highest BCUT2D eigenvalue weighted by Crippen LogP contribution is 2.31. The average Bonchev–Trinajstić information content (AvgIpc) is 2.38. The lowest BCUT2D eigenvalue weighted by molar-refractivity contribution is -0.140. The first-order valence-corrected chi connectivity index (χ1v) is 6.60. The van der Waals surface area contributed by atoms with E-state index in [1.807, 2.05) is 0 Å². The zero-order chi connectivity index (χ0) is 12.7. The van der Waals surface area contributed by atoms with Gasteiger partial charge in [0.2, 0.25) is 0 Å². The predicted molar refractivity (Wildman–Crippen MR) is 66.9 cm³/mol. The monoisotopic (exact) mass is 243 g/mol. The summed E-state index contributed by atoms with van der Waals surface area (Å²) < 4.78 is 10.5. The van der Waals surface area contributed by atoms with Crippen molar-refractivity contribution >= 4 is 5.97 Å². The zero-order valence-corrected chi connectivity index (χ0v) is 11.3. The van der Waals surface area contributed by atoms with Crippen LogP contribution < -0.4 is 5.32 Å². The fourth-order valence-corrected chi connectivity index (χ4v) is 2.43. The molecule has 1 aliphatic rings. The van der Waals surface area contributed by atoms with Crippen LogP contribution in [0.15, 0.2) is 0 Å². The Bertz CT molecular complexity index is 239. The molecule has 1 aliphatic heterocycles. The Kier molecular flexibility index (Phi) is 5.92. The van der Waals surface area contributed by atoms with Gasteiger partial charge in [0, 0.05) is 19.2 Å². The summed E-state index contributed by atoms with van der Waals surface area (Å²) in [5.41, 5.74) is 0.0428. The second-order valence-corrected chi connectivity index (χ2v) is 4.71. The van der Waals surface area contributed by atoms with Gasteiger partial charge in [0.1, 0.15) is 0 Å². The van der Waals surface area contributed by atoms with Gasteiger partial charge in [-0.15, -0.1) is 0 Å². The van der Waals surface area contributed by atoms with Crippen molar-refractivity contribution in [3.8, 4) is 0 Å². The molecular weight excluding hydrogens is 218 g/mol. The van der Waals surface area contributed by atoms with Crippen LogP contribution in [-0.2, 0) is 14.3 Å². The lowest BCUT2D eigenvalue weighted by atomic mass is 9.86. The number of esters is 1. The number of rotatable bonds is 6. The van der Waals surface area contributed by atoms with Gasteiger partial charge in [-0.2, -0.15) is 0 Å². The molecule has 100 valence electrons. The van der Waals surface area contributed by atoms with Crippen molar-refractivity contribution in [2.45, 2.75) is 57.6 Å². The molecule has 0 aromatic rings. The van der Waals surface area contributed by atoms with Gasteiger partial charge in [-0.05, 0) is 25.7 Å². The molecule has 1 atom stereocenters. The molecule has 1 unspecified atom stereocenters. The van der Waals surface area contributed by atoms with Crippen LogP contribution in [0.5, 0.6) is 0 Å². The summed E-state index contributed by atoms with van der Waals surface area (Å²) in [6.07, 6.45) is 4.63. The standard InChI is InChI=1S/C13H25NO3/c1-4-13(5-2)10-11(7-9-17-13)14-8-6-12(15)16-3/h11,14H,4-10H2,1-3H3. The molecular formula is C13H25NO3. The van der Waals surface area contributed by atoms with Crippen LogP contribution in [-0.4, -0.2) is 37.9 Å². The van der Waals surface area contributed by atoms with Crippen molar-refractivity contribution in [1.82, 2.24) is 5.32 Å². The lowest BCUT2D eigenvalue weighted by Crippen LogP contribution is -2.46. The molecule has 1 rings (SSSR count). The van der Waals surface area contributed by atoms with Crippen LogP contribution in [0.3, 0.4) is 0 Å². The van der Waals surface area contributed by atoms with Gasteiger partial charge in [-0.1, -0.05) is 13.8 Å². The normalized spacial score (nSPS) is 23.4. The van der Waals surface area contributed by atoms with E-state index < -0.39 is 0 Å². The van der Waals surface area contributed by atoms with Crippen molar-refractivity contribution in [3.05, 3.63) is 0 Å². The van der Waals surface area contributed by atoms with E-state index in [4.69, 9.17) is 4.74 Å². The third kappa shape index (κ3) is 4.28. The van der Waals surface area contributed by atoms with Crippen LogP contribution in [0.2, 0.25) is 0 Å². The summed E-state index contributed by atoms with van der Waals surface area (Å²) in [5, 5.41) is 3.43. The first-order chi connectivity index (χ1) is 8.15. The molecule has 1 heterocycles. The number of nitrogens with one attached hydrogen (secondary N) is 1. The Morgan fingerprint density at radius 3 is 2.76 bits per heavy atom. The molecule has 4 nitrogen and oxygen atoms in total. The van der Waals surface area contributed by atoms with Crippen LogP contribution >= 0.6 is 0 Å². The van der Waals surface area contributed by atoms with Gasteiger partial charge in [-0.3, -0.25) is 4.79 Å². The predicted octanol–water partition coefficient (Wildman–Crippen LogP) is 1.88. The lowest BCUT2D eigenvalue weighted by Gasteiger charge is -2.40. The van der Waals surface area contributed by atoms with E-state index in [1.54, 1.807) is 0 Å². The minimum Gasteiger partial charge on any atom is -0.469 e. The highest BCUT2D eigenvalue weighted by molar-refractivity contribution is 5.69. The Labute approximate surface area is 104 Å². The molecule has 0 amide bonds. The van der Waals surface area contributed by atoms with Crippen molar-refractivity contribution in [2.24, 2.45) is 0 Å². The Morgan fingerprint density at radius 1 is 1.47 bits per heavy atom. The van der Waals surface area contributed by atoms with E-state index in [0.29, 0.717) is 19.0 Å². The van der Waals surface area contributed by atoms with Gasteiger partial charge < -0.3 is 14.8 Å². The van der Waals surface area contributed by atoms with Gasteiger partial charge >= 0.3 is 5.97 Å². The third-order valence-electron chi connectivity index (χ3n) is 3.77. The van der Waals surface area contributed by atoms with E-state index in [2.05, 4.69) is 23.9 Å². The number of carbonyl (C=O) groups excluding carboxylic acids is 1. The molecule has 1 fully saturated rings. The van der Waals surface area contributed by atoms with Gasteiger partial charge in [0.15, 0.2) is 0 Å². The molecule has 0 spiro atoms. The fraction of sp³-hybridized carbons (Fsp3) is 0.923. The molecule has 4 heteroatoms. The molecule has 1 saturated heterocycles. The first-order valence-electron chi connectivity index (χ1n) is 6.60. The van der Waals surface area contributed by atoms with Crippen molar-refractivity contribution in [1.29, 1.82) is 0 Å². The summed E-state index contributed by atoms with van der Waals surface area (Å²) in [6.45, 7) is 5.87. The first kappa shape index (κ1) is 14.5. The van der Waals surface area contributed by atoms with Gasteiger partial charge in [0.05, 0.1) is 19.1 Å². The SMILES string of the molecule is CCC1(CC)CC(NCCC(=O)OC)CCO1. The molecule has 0 bridgehead atoms. The van der Waals surface area contributed by atoms with E-state index in [-0.39, 0.29) is 11.6 Å². The van der Waals surface area contributed by atoms with Crippen molar-refractivity contribution in [3.63, 3.8) is 0 Å². The second kappa shape index (κ2) is 6.97. The molecule has 0 aliphatic carbocycles. The van der Waals surface area contributed by atoms with Crippen LogP contribution in [0.4, 0.5) is 0 Å². The number of hydrogen-bond donors (Lipinski definition) is 1. The third-order valence-corrected chi connectivity index (χ3v) is 3.77.